The molecule has 16 heavy (non-hydrogen) atoms. The van der Waals surface area contributed by atoms with Crippen LogP contribution in [0.15, 0.2) is 4.40 Å². The van der Waals surface area contributed by atoms with Crippen LogP contribution in [0.4, 0.5) is 0 Å². The molecule has 0 spiro atoms. The average molecular weight is 244 g/mol. The van der Waals surface area contributed by atoms with Crippen molar-refractivity contribution in [2.24, 2.45) is 15.7 Å². The SMILES string of the molecule is CCN(C=NSC)CC(C)CC(C)(C)CC. The van der Waals surface area contributed by atoms with E-state index in [1.807, 2.05) is 12.6 Å². The third-order valence-electron chi connectivity index (χ3n) is 3.13. The van der Waals surface area contributed by atoms with Crippen molar-refractivity contribution in [1.29, 1.82) is 0 Å². The maximum absolute atomic E-state index is 4.23. The summed E-state index contributed by atoms with van der Waals surface area (Å²) in [6.45, 7) is 13.7. The minimum Gasteiger partial charge on any atom is -0.362 e. The van der Waals surface area contributed by atoms with Crippen LogP contribution in [-0.2, 0) is 0 Å². The molecule has 0 aliphatic heterocycles. The van der Waals surface area contributed by atoms with Gasteiger partial charge in [0, 0.05) is 19.3 Å². The van der Waals surface area contributed by atoms with E-state index in [2.05, 4.69) is 43.9 Å². The van der Waals surface area contributed by atoms with Gasteiger partial charge in [-0.2, -0.15) is 0 Å². The quantitative estimate of drug-likeness (QED) is 0.363. The van der Waals surface area contributed by atoms with Crippen molar-refractivity contribution in [2.45, 2.75) is 47.5 Å². The van der Waals surface area contributed by atoms with Gasteiger partial charge in [0.2, 0.25) is 0 Å². The summed E-state index contributed by atoms with van der Waals surface area (Å²) in [5.74, 6) is 0.725. The van der Waals surface area contributed by atoms with E-state index in [4.69, 9.17) is 0 Å². The van der Waals surface area contributed by atoms with Gasteiger partial charge in [-0.15, -0.1) is 0 Å². The average Bonchev–Trinajstić information content (AvgIpc) is 2.23. The summed E-state index contributed by atoms with van der Waals surface area (Å²) >= 11 is 1.52. The molecule has 0 aromatic rings. The second kappa shape index (κ2) is 7.99. The predicted molar refractivity (Wildman–Crippen MR) is 77.1 cm³/mol. The Morgan fingerprint density at radius 3 is 2.44 bits per heavy atom. The summed E-state index contributed by atoms with van der Waals surface area (Å²) in [7, 11) is 0. The lowest BCUT2D eigenvalue weighted by atomic mass is 9.81. The Balaban J connectivity index is 4.10. The molecule has 1 unspecified atom stereocenters. The molecule has 96 valence electrons. The van der Waals surface area contributed by atoms with Gasteiger partial charge in [-0.1, -0.05) is 34.1 Å². The van der Waals surface area contributed by atoms with E-state index in [9.17, 15) is 0 Å². The van der Waals surface area contributed by atoms with Crippen molar-refractivity contribution in [3.05, 3.63) is 0 Å². The van der Waals surface area contributed by atoms with Gasteiger partial charge in [0.15, 0.2) is 0 Å². The molecule has 2 nitrogen and oxygen atoms in total. The number of nitrogens with zero attached hydrogens (tertiary/aromatic N) is 2. The van der Waals surface area contributed by atoms with Crippen LogP contribution in [-0.4, -0.2) is 30.6 Å². The standard InChI is InChI=1S/C13H28N2S/c1-7-13(4,5)9-12(3)10-15(8-2)11-14-16-6/h11-12H,7-10H2,1-6H3. The highest BCUT2D eigenvalue weighted by Crippen LogP contribution is 2.28. The Kier molecular flexibility index (Phi) is 7.90. The van der Waals surface area contributed by atoms with E-state index < -0.39 is 0 Å². The van der Waals surface area contributed by atoms with Crippen LogP contribution in [0.5, 0.6) is 0 Å². The molecule has 0 radical (unpaired) electrons. The predicted octanol–water partition coefficient (Wildman–Crippen LogP) is 4.08. The van der Waals surface area contributed by atoms with E-state index in [-0.39, 0.29) is 0 Å². The number of hydrogen-bond acceptors (Lipinski definition) is 2. The van der Waals surface area contributed by atoms with E-state index >= 15 is 0 Å². The molecule has 0 amide bonds. The summed E-state index contributed by atoms with van der Waals surface area (Å²) < 4.78 is 4.23. The molecule has 0 heterocycles. The first-order valence-corrected chi connectivity index (χ1v) is 7.44. The molecular weight excluding hydrogens is 216 g/mol. The van der Waals surface area contributed by atoms with Crippen LogP contribution in [0.2, 0.25) is 0 Å². The third kappa shape index (κ3) is 7.15. The molecule has 0 rings (SSSR count). The van der Waals surface area contributed by atoms with Crippen LogP contribution in [0, 0.1) is 11.3 Å². The topological polar surface area (TPSA) is 15.6 Å². The molecule has 0 bridgehead atoms. The summed E-state index contributed by atoms with van der Waals surface area (Å²) in [4.78, 5) is 2.30. The molecule has 0 saturated carbocycles. The van der Waals surface area contributed by atoms with Gasteiger partial charge in [-0.05, 0) is 36.6 Å². The highest BCUT2D eigenvalue weighted by atomic mass is 32.2. The van der Waals surface area contributed by atoms with Gasteiger partial charge in [0.25, 0.3) is 0 Å². The largest absolute Gasteiger partial charge is 0.362 e. The Labute approximate surface area is 106 Å². The molecule has 0 N–H and O–H groups in total. The van der Waals surface area contributed by atoms with Gasteiger partial charge in [0.1, 0.15) is 0 Å². The van der Waals surface area contributed by atoms with E-state index in [0.717, 1.165) is 19.0 Å². The summed E-state index contributed by atoms with van der Waals surface area (Å²) in [5.41, 5.74) is 0.468. The van der Waals surface area contributed by atoms with Gasteiger partial charge < -0.3 is 4.90 Å². The smallest absolute Gasteiger partial charge is 0.0989 e. The second-order valence-electron chi connectivity index (χ2n) is 5.32. The molecule has 0 aromatic heterocycles. The Hall–Kier alpha value is -0.180. The molecule has 0 aliphatic rings. The minimum atomic E-state index is 0.468. The molecule has 0 aromatic carbocycles. The Morgan fingerprint density at radius 2 is 2.00 bits per heavy atom. The summed E-state index contributed by atoms with van der Waals surface area (Å²) in [6.07, 6.45) is 6.50. The Bertz CT molecular complexity index is 202. The minimum absolute atomic E-state index is 0.468. The van der Waals surface area contributed by atoms with Crippen molar-refractivity contribution in [3.8, 4) is 0 Å². The van der Waals surface area contributed by atoms with Crippen molar-refractivity contribution >= 4 is 18.3 Å². The molecule has 0 saturated heterocycles. The second-order valence-corrected chi connectivity index (χ2v) is 5.89. The zero-order valence-corrected chi connectivity index (χ0v) is 12.6. The zero-order chi connectivity index (χ0) is 12.6. The van der Waals surface area contributed by atoms with Crippen LogP contribution in [0.3, 0.4) is 0 Å². The van der Waals surface area contributed by atoms with Gasteiger partial charge in [0.05, 0.1) is 6.34 Å². The first-order valence-electron chi connectivity index (χ1n) is 6.25. The molecular formula is C13H28N2S. The normalized spacial score (nSPS) is 14.4. The lowest BCUT2D eigenvalue weighted by molar-refractivity contribution is 0.238. The molecule has 1 atom stereocenters. The van der Waals surface area contributed by atoms with Crippen LogP contribution >= 0.6 is 11.9 Å². The van der Waals surface area contributed by atoms with E-state index in [1.54, 1.807) is 0 Å². The van der Waals surface area contributed by atoms with Gasteiger partial charge >= 0.3 is 0 Å². The van der Waals surface area contributed by atoms with Crippen molar-refractivity contribution in [1.82, 2.24) is 4.90 Å². The number of hydrogen-bond donors (Lipinski definition) is 0. The summed E-state index contributed by atoms with van der Waals surface area (Å²) in [6, 6.07) is 0. The monoisotopic (exact) mass is 244 g/mol. The van der Waals surface area contributed by atoms with Gasteiger partial charge in [-0.3, -0.25) is 0 Å². The van der Waals surface area contributed by atoms with Crippen molar-refractivity contribution in [2.75, 3.05) is 19.3 Å². The van der Waals surface area contributed by atoms with Crippen LogP contribution in [0.25, 0.3) is 0 Å². The first-order chi connectivity index (χ1) is 7.45. The Morgan fingerprint density at radius 1 is 1.38 bits per heavy atom. The lowest BCUT2D eigenvalue weighted by Gasteiger charge is -2.29. The highest BCUT2D eigenvalue weighted by Gasteiger charge is 2.19. The van der Waals surface area contributed by atoms with Crippen LogP contribution in [0.1, 0.15) is 47.5 Å². The highest BCUT2D eigenvalue weighted by molar-refractivity contribution is 7.97. The van der Waals surface area contributed by atoms with Crippen molar-refractivity contribution < 1.29 is 0 Å². The number of rotatable bonds is 8. The van der Waals surface area contributed by atoms with E-state index in [0.29, 0.717) is 5.41 Å². The van der Waals surface area contributed by atoms with Crippen molar-refractivity contribution in [3.63, 3.8) is 0 Å². The van der Waals surface area contributed by atoms with E-state index in [1.165, 1.54) is 24.8 Å². The van der Waals surface area contributed by atoms with Gasteiger partial charge in [-0.25, -0.2) is 4.40 Å². The van der Waals surface area contributed by atoms with Crippen LogP contribution < -0.4 is 0 Å². The maximum Gasteiger partial charge on any atom is 0.0989 e. The first kappa shape index (κ1) is 15.8. The fourth-order valence-corrected chi connectivity index (χ4v) is 2.15. The molecule has 0 fully saturated rings. The lowest BCUT2D eigenvalue weighted by Crippen LogP contribution is -2.29. The maximum atomic E-state index is 4.23. The fraction of sp³-hybridized carbons (Fsp3) is 0.923. The molecule has 0 aliphatic carbocycles. The summed E-state index contributed by atoms with van der Waals surface area (Å²) in [5, 5.41) is 0. The third-order valence-corrected chi connectivity index (χ3v) is 3.43. The fourth-order valence-electron chi connectivity index (χ4n) is 1.92. The molecule has 3 heteroatoms. The zero-order valence-electron chi connectivity index (χ0n) is 11.8.